The molecule has 6 heteroatoms. The second-order valence-electron chi connectivity index (χ2n) is 5.16. The summed E-state index contributed by atoms with van der Waals surface area (Å²) >= 11 is 1.55. The minimum absolute atomic E-state index is 0.0431. The Morgan fingerprint density at radius 2 is 2.16 bits per heavy atom. The van der Waals surface area contributed by atoms with Gasteiger partial charge in [-0.15, -0.1) is 11.3 Å². The SMILES string of the molecule is CCNCc1cc(S(=O)(=O)NC(C)C2CC2)c(C)s1. The van der Waals surface area contributed by atoms with Gasteiger partial charge in [0.1, 0.15) is 0 Å². The lowest BCUT2D eigenvalue weighted by atomic mass is 10.2. The Hall–Kier alpha value is -0.430. The molecular weight excluding hydrogens is 280 g/mol. The topological polar surface area (TPSA) is 58.2 Å². The van der Waals surface area contributed by atoms with Crippen LogP contribution in [-0.4, -0.2) is 21.0 Å². The van der Waals surface area contributed by atoms with Crippen molar-refractivity contribution >= 4 is 21.4 Å². The predicted octanol–water partition coefficient (Wildman–Crippen LogP) is 2.24. The second-order valence-corrected chi connectivity index (χ2v) is 8.18. The number of hydrogen-bond acceptors (Lipinski definition) is 4. The van der Waals surface area contributed by atoms with Gasteiger partial charge in [0.25, 0.3) is 0 Å². The van der Waals surface area contributed by atoms with Crippen molar-refractivity contribution in [2.75, 3.05) is 6.54 Å². The van der Waals surface area contributed by atoms with E-state index in [0.29, 0.717) is 10.8 Å². The first kappa shape index (κ1) is 15.0. The Kier molecular flexibility index (Phi) is 4.66. The summed E-state index contributed by atoms with van der Waals surface area (Å²) in [5, 5.41) is 3.22. The Morgan fingerprint density at radius 1 is 1.47 bits per heavy atom. The van der Waals surface area contributed by atoms with Gasteiger partial charge in [0, 0.05) is 22.3 Å². The first-order valence-corrected chi connectivity index (χ1v) is 9.06. The zero-order valence-electron chi connectivity index (χ0n) is 11.7. The van der Waals surface area contributed by atoms with Crippen LogP contribution in [0.25, 0.3) is 0 Å². The van der Waals surface area contributed by atoms with Crippen molar-refractivity contribution in [2.24, 2.45) is 5.92 Å². The highest BCUT2D eigenvalue weighted by molar-refractivity contribution is 7.89. The molecule has 1 atom stereocenters. The lowest BCUT2D eigenvalue weighted by Crippen LogP contribution is -2.34. The number of hydrogen-bond donors (Lipinski definition) is 2. The van der Waals surface area contributed by atoms with Crippen molar-refractivity contribution in [3.8, 4) is 0 Å². The fourth-order valence-corrected chi connectivity index (χ4v) is 5.04. The Labute approximate surface area is 119 Å². The molecule has 0 amide bonds. The molecule has 19 heavy (non-hydrogen) atoms. The highest BCUT2D eigenvalue weighted by Gasteiger charge is 2.32. The number of sulfonamides is 1. The van der Waals surface area contributed by atoms with Crippen molar-refractivity contribution in [1.82, 2.24) is 10.0 Å². The lowest BCUT2D eigenvalue weighted by molar-refractivity contribution is 0.538. The average molecular weight is 302 g/mol. The number of nitrogens with one attached hydrogen (secondary N) is 2. The van der Waals surface area contributed by atoms with Gasteiger partial charge in [-0.05, 0) is 45.2 Å². The van der Waals surface area contributed by atoms with E-state index < -0.39 is 10.0 Å². The summed E-state index contributed by atoms with van der Waals surface area (Å²) in [5.41, 5.74) is 0. The number of aryl methyl sites for hydroxylation is 1. The fourth-order valence-electron chi connectivity index (χ4n) is 2.13. The first-order valence-electron chi connectivity index (χ1n) is 6.76. The fraction of sp³-hybridized carbons (Fsp3) is 0.692. The van der Waals surface area contributed by atoms with Gasteiger partial charge in [-0.25, -0.2) is 13.1 Å². The molecule has 0 bridgehead atoms. The van der Waals surface area contributed by atoms with E-state index in [-0.39, 0.29) is 6.04 Å². The molecule has 0 aliphatic heterocycles. The van der Waals surface area contributed by atoms with Gasteiger partial charge in [-0.3, -0.25) is 0 Å². The largest absolute Gasteiger partial charge is 0.312 e. The van der Waals surface area contributed by atoms with Crippen molar-refractivity contribution in [2.45, 2.75) is 51.1 Å². The summed E-state index contributed by atoms with van der Waals surface area (Å²) in [6.45, 7) is 7.48. The summed E-state index contributed by atoms with van der Waals surface area (Å²) in [6, 6.07) is 1.84. The molecule has 1 aliphatic carbocycles. The molecule has 1 saturated carbocycles. The van der Waals surface area contributed by atoms with Crippen LogP contribution in [0.1, 0.15) is 36.4 Å². The van der Waals surface area contributed by atoms with E-state index in [1.807, 2.05) is 20.8 Å². The van der Waals surface area contributed by atoms with Gasteiger partial charge in [0.05, 0.1) is 4.90 Å². The van der Waals surface area contributed by atoms with Gasteiger partial charge < -0.3 is 5.32 Å². The summed E-state index contributed by atoms with van der Waals surface area (Å²) in [7, 11) is -3.37. The van der Waals surface area contributed by atoms with E-state index in [1.165, 1.54) is 0 Å². The van der Waals surface area contributed by atoms with Crippen LogP contribution in [-0.2, 0) is 16.6 Å². The smallest absolute Gasteiger partial charge is 0.241 e. The molecule has 4 nitrogen and oxygen atoms in total. The van der Waals surface area contributed by atoms with Crippen LogP contribution < -0.4 is 10.0 Å². The zero-order valence-corrected chi connectivity index (χ0v) is 13.3. The maximum atomic E-state index is 12.4. The normalized spacial score (nSPS) is 17.6. The van der Waals surface area contributed by atoms with Crippen LogP contribution in [0, 0.1) is 12.8 Å². The van der Waals surface area contributed by atoms with E-state index in [9.17, 15) is 8.42 Å². The molecular formula is C13H22N2O2S2. The van der Waals surface area contributed by atoms with Gasteiger partial charge >= 0.3 is 0 Å². The maximum absolute atomic E-state index is 12.4. The first-order chi connectivity index (χ1) is 8.94. The summed E-state index contributed by atoms with van der Waals surface area (Å²) < 4.78 is 27.5. The van der Waals surface area contributed by atoms with Gasteiger partial charge in [0.15, 0.2) is 0 Å². The van der Waals surface area contributed by atoms with Crippen LogP contribution in [0.2, 0.25) is 0 Å². The monoisotopic (exact) mass is 302 g/mol. The molecule has 1 aromatic rings. The van der Waals surface area contributed by atoms with E-state index in [0.717, 1.165) is 35.7 Å². The quantitative estimate of drug-likeness (QED) is 0.812. The molecule has 0 saturated heterocycles. The minimum atomic E-state index is -3.37. The highest BCUT2D eigenvalue weighted by Crippen LogP contribution is 2.33. The number of thiophene rings is 1. The van der Waals surface area contributed by atoms with E-state index >= 15 is 0 Å². The van der Waals surface area contributed by atoms with Crippen LogP contribution in [0.3, 0.4) is 0 Å². The van der Waals surface area contributed by atoms with E-state index in [2.05, 4.69) is 10.0 Å². The third kappa shape index (κ3) is 3.78. The lowest BCUT2D eigenvalue weighted by Gasteiger charge is -2.12. The van der Waals surface area contributed by atoms with Crippen LogP contribution in [0.15, 0.2) is 11.0 Å². The standard InChI is InChI=1S/C13H22N2O2S2/c1-4-14-8-12-7-13(10(3)18-12)19(16,17)15-9(2)11-5-6-11/h7,9,11,14-15H,4-6,8H2,1-3H3. The van der Waals surface area contributed by atoms with Gasteiger partial charge in [-0.2, -0.15) is 0 Å². The van der Waals surface area contributed by atoms with Crippen LogP contribution in [0.4, 0.5) is 0 Å². The van der Waals surface area contributed by atoms with E-state index in [4.69, 9.17) is 0 Å². The van der Waals surface area contributed by atoms with Crippen LogP contribution in [0.5, 0.6) is 0 Å². The molecule has 0 radical (unpaired) electrons. The third-order valence-electron chi connectivity index (χ3n) is 3.43. The zero-order chi connectivity index (χ0) is 14.0. The highest BCUT2D eigenvalue weighted by atomic mass is 32.2. The third-order valence-corrected chi connectivity index (χ3v) is 6.30. The van der Waals surface area contributed by atoms with Crippen molar-refractivity contribution in [1.29, 1.82) is 0 Å². The van der Waals surface area contributed by atoms with Gasteiger partial charge in [0.2, 0.25) is 10.0 Å². The predicted molar refractivity (Wildman–Crippen MR) is 78.9 cm³/mol. The molecule has 108 valence electrons. The average Bonchev–Trinajstić information content (AvgIpc) is 3.10. The molecule has 1 unspecified atom stereocenters. The molecule has 0 spiro atoms. The van der Waals surface area contributed by atoms with E-state index in [1.54, 1.807) is 17.4 Å². The van der Waals surface area contributed by atoms with Crippen molar-refractivity contribution in [3.63, 3.8) is 0 Å². The molecule has 2 N–H and O–H groups in total. The molecule has 0 aromatic carbocycles. The van der Waals surface area contributed by atoms with Crippen molar-refractivity contribution < 1.29 is 8.42 Å². The Bertz CT molecular complexity index is 533. The number of rotatable bonds is 7. The van der Waals surface area contributed by atoms with Crippen molar-refractivity contribution in [3.05, 3.63) is 15.8 Å². The summed E-state index contributed by atoms with van der Waals surface area (Å²) in [4.78, 5) is 2.38. The molecule has 1 fully saturated rings. The Morgan fingerprint density at radius 3 is 2.74 bits per heavy atom. The summed E-state index contributed by atoms with van der Waals surface area (Å²) in [5.74, 6) is 0.523. The Balaban J connectivity index is 2.12. The summed E-state index contributed by atoms with van der Waals surface area (Å²) in [6.07, 6.45) is 2.27. The van der Waals surface area contributed by atoms with Crippen LogP contribution >= 0.6 is 11.3 Å². The second kappa shape index (κ2) is 5.91. The molecule has 1 aromatic heterocycles. The minimum Gasteiger partial charge on any atom is -0.312 e. The molecule has 1 aliphatic rings. The van der Waals surface area contributed by atoms with Gasteiger partial charge in [-0.1, -0.05) is 6.92 Å². The molecule has 1 heterocycles. The maximum Gasteiger partial charge on any atom is 0.241 e. The molecule has 2 rings (SSSR count).